The number of furan rings is 1. The minimum Gasteiger partial charge on any atom is -0.479 e. The number of nitrogens with zero attached hydrogens (tertiary/aromatic N) is 1. The van der Waals surface area contributed by atoms with Crippen molar-refractivity contribution in [3.8, 4) is 11.8 Å². The van der Waals surface area contributed by atoms with Gasteiger partial charge in [-0.2, -0.15) is 14.0 Å². The number of amides is 1. The Balaban J connectivity index is 1.47. The van der Waals surface area contributed by atoms with Crippen molar-refractivity contribution in [2.75, 3.05) is 5.32 Å². The van der Waals surface area contributed by atoms with E-state index in [-0.39, 0.29) is 17.6 Å². The van der Waals surface area contributed by atoms with Crippen LogP contribution < -0.4 is 10.1 Å². The van der Waals surface area contributed by atoms with Gasteiger partial charge in [0.15, 0.2) is 23.1 Å². The van der Waals surface area contributed by atoms with Gasteiger partial charge in [-0.3, -0.25) is 4.79 Å². The van der Waals surface area contributed by atoms with E-state index in [0.29, 0.717) is 10.6 Å². The van der Waals surface area contributed by atoms with Gasteiger partial charge in [0.25, 0.3) is 5.91 Å². The minimum atomic E-state index is -1.67. The van der Waals surface area contributed by atoms with Crippen LogP contribution in [0.3, 0.4) is 0 Å². The van der Waals surface area contributed by atoms with Gasteiger partial charge in [-0.05, 0) is 43.4 Å². The molecule has 0 spiro atoms. The van der Waals surface area contributed by atoms with Gasteiger partial charge in [-0.15, -0.1) is 11.3 Å². The number of carbonyl (C=O) groups excluding carboxylic acids is 1. The zero-order valence-electron chi connectivity index (χ0n) is 15.9. The van der Waals surface area contributed by atoms with E-state index in [1.54, 1.807) is 0 Å². The van der Waals surface area contributed by atoms with Crippen molar-refractivity contribution in [3.63, 3.8) is 0 Å². The molecule has 0 aliphatic heterocycles. The number of hydrogen-bond donors (Lipinski definition) is 1. The second-order valence-corrected chi connectivity index (χ2v) is 7.94. The fourth-order valence-electron chi connectivity index (χ4n) is 3.34. The topological polar surface area (TPSA) is 75.3 Å². The summed E-state index contributed by atoms with van der Waals surface area (Å²) in [6.45, 7) is -0.569. The van der Waals surface area contributed by atoms with Crippen LogP contribution in [0.4, 0.5) is 22.6 Å². The quantitative estimate of drug-likeness (QED) is 0.413. The Kier molecular flexibility index (Phi) is 5.69. The molecule has 1 amide bonds. The van der Waals surface area contributed by atoms with Crippen LogP contribution in [0.25, 0.3) is 0 Å². The number of halogens is 4. The summed E-state index contributed by atoms with van der Waals surface area (Å²) in [5.74, 6) is -8.50. The first-order valence-electron chi connectivity index (χ1n) is 9.29. The van der Waals surface area contributed by atoms with Crippen molar-refractivity contribution >= 4 is 22.2 Å². The highest BCUT2D eigenvalue weighted by Crippen LogP contribution is 2.38. The predicted molar refractivity (Wildman–Crippen MR) is 103 cm³/mol. The lowest BCUT2D eigenvalue weighted by molar-refractivity contribution is 0.0992. The summed E-state index contributed by atoms with van der Waals surface area (Å²) in [4.78, 5) is 13.6. The molecule has 1 aromatic carbocycles. The fraction of sp³-hybridized carbons (Fsp3) is 0.238. The molecule has 3 aromatic rings. The van der Waals surface area contributed by atoms with Gasteiger partial charge < -0.3 is 14.5 Å². The molecule has 2 aromatic heterocycles. The number of anilines is 1. The Bertz CT molecular complexity index is 1190. The molecule has 0 unspecified atom stereocenters. The number of fused-ring (bicyclic) bond motifs is 1. The summed E-state index contributed by atoms with van der Waals surface area (Å²) < 4.78 is 64.0. The zero-order valence-corrected chi connectivity index (χ0v) is 16.7. The number of rotatable bonds is 5. The molecule has 10 heteroatoms. The van der Waals surface area contributed by atoms with Crippen molar-refractivity contribution in [2.45, 2.75) is 32.3 Å². The molecule has 1 aliphatic rings. The Labute approximate surface area is 177 Å². The predicted octanol–water partition coefficient (Wildman–Crippen LogP) is 5.48. The lowest BCUT2D eigenvalue weighted by Gasteiger charge is -2.09. The largest absolute Gasteiger partial charge is 0.479 e. The van der Waals surface area contributed by atoms with E-state index in [2.05, 4.69) is 11.4 Å². The molecule has 0 bridgehead atoms. The second-order valence-electron chi connectivity index (χ2n) is 6.83. The molecule has 4 rings (SSSR count). The summed E-state index contributed by atoms with van der Waals surface area (Å²) in [7, 11) is 0. The number of ether oxygens (including phenoxy) is 1. The zero-order chi connectivity index (χ0) is 22.1. The fourth-order valence-corrected chi connectivity index (χ4v) is 4.57. The molecule has 1 aliphatic carbocycles. The van der Waals surface area contributed by atoms with E-state index in [9.17, 15) is 27.6 Å². The molecule has 2 heterocycles. The van der Waals surface area contributed by atoms with Gasteiger partial charge in [0.1, 0.15) is 23.4 Å². The molecule has 31 heavy (non-hydrogen) atoms. The van der Waals surface area contributed by atoms with Gasteiger partial charge in [-0.1, -0.05) is 0 Å². The van der Waals surface area contributed by atoms with Crippen molar-refractivity contribution in [3.05, 3.63) is 69.0 Å². The van der Waals surface area contributed by atoms with Crippen LogP contribution in [0.1, 0.15) is 45.2 Å². The van der Waals surface area contributed by atoms with E-state index >= 15 is 0 Å². The SMILES string of the molecule is N#Cc1c(NC(=O)c2ccc(COc3c(F)c(F)cc(F)c3F)o2)sc2c1CCCC2. The van der Waals surface area contributed by atoms with Crippen LogP contribution in [-0.2, 0) is 19.4 Å². The Morgan fingerprint density at radius 1 is 1.16 bits per heavy atom. The molecule has 0 radical (unpaired) electrons. The summed E-state index contributed by atoms with van der Waals surface area (Å²) in [6.07, 6.45) is 3.68. The van der Waals surface area contributed by atoms with Gasteiger partial charge >= 0.3 is 0 Å². The van der Waals surface area contributed by atoms with Crippen molar-refractivity contribution < 1.29 is 31.5 Å². The van der Waals surface area contributed by atoms with Gasteiger partial charge in [0.2, 0.25) is 11.6 Å². The van der Waals surface area contributed by atoms with Crippen LogP contribution in [-0.4, -0.2) is 5.91 Å². The van der Waals surface area contributed by atoms with Crippen LogP contribution in [0.5, 0.6) is 5.75 Å². The lowest BCUT2D eigenvalue weighted by atomic mass is 9.96. The average molecular weight is 450 g/mol. The summed E-state index contributed by atoms with van der Waals surface area (Å²) in [5, 5.41) is 12.6. The first-order valence-corrected chi connectivity index (χ1v) is 10.1. The monoisotopic (exact) mass is 450 g/mol. The molecule has 0 atom stereocenters. The Morgan fingerprint density at radius 3 is 2.58 bits per heavy atom. The normalized spacial score (nSPS) is 12.9. The second kappa shape index (κ2) is 8.43. The van der Waals surface area contributed by atoms with E-state index in [0.717, 1.165) is 36.1 Å². The number of thiophene rings is 1. The third-order valence-corrected chi connectivity index (χ3v) is 6.03. The highest BCUT2D eigenvalue weighted by molar-refractivity contribution is 7.16. The number of aryl methyl sites for hydroxylation is 1. The van der Waals surface area contributed by atoms with Crippen LogP contribution in [0.15, 0.2) is 22.6 Å². The maximum atomic E-state index is 13.7. The number of hydrogen-bond acceptors (Lipinski definition) is 5. The molecule has 0 fully saturated rings. The summed E-state index contributed by atoms with van der Waals surface area (Å²) in [6, 6.07) is 4.85. The van der Waals surface area contributed by atoms with E-state index in [1.165, 1.54) is 23.5 Å². The molecule has 0 saturated carbocycles. The van der Waals surface area contributed by atoms with Gasteiger partial charge in [0.05, 0.1) is 5.56 Å². The van der Waals surface area contributed by atoms with Crippen molar-refractivity contribution in [1.82, 2.24) is 0 Å². The number of nitriles is 1. The minimum absolute atomic E-state index is 0.000370. The average Bonchev–Trinajstić information content (AvgIpc) is 3.36. The Morgan fingerprint density at radius 2 is 1.87 bits per heavy atom. The summed E-state index contributed by atoms with van der Waals surface area (Å²) in [5.41, 5.74) is 1.41. The lowest BCUT2D eigenvalue weighted by Crippen LogP contribution is -2.11. The maximum Gasteiger partial charge on any atom is 0.292 e. The van der Waals surface area contributed by atoms with Crippen molar-refractivity contribution in [2.24, 2.45) is 0 Å². The Hall–Kier alpha value is -3.32. The molecule has 5 nitrogen and oxygen atoms in total. The standard InChI is InChI=1S/C21H14F4N2O3S/c22-13-7-14(23)18(25)19(17(13)24)29-9-10-5-6-15(30-10)20(28)27-21-12(8-26)11-3-1-2-4-16(11)31-21/h5-7H,1-4,9H2,(H,27,28). The molecule has 1 N–H and O–H groups in total. The first kappa shape index (κ1) is 20.9. The highest BCUT2D eigenvalue weighted by Gasteiger charge is 2.24. The van der Waals surface area contributed by atoms with Crippen LogP contribution >= 0.6 is 11.3 Å². The first-order chi connectivity index (χ1) is 14.9. The molecule has 160 valence electrons. The number of nitrogens with one attached hydrogen (secondary N) is 1. The smallest absolute Gasteiger partial charge is 0.292 e. The van der Waals surface area contributed by atoms with Crippen LogP contribution in [0, 0.1) is 34.6 Å². The molecule has 0 saturated heterocycles. The van der Waals surface area contributed by atoms with Crippen molar-refractivity contribution in [1.29, 1.82) is 5.26 Å². The third-order valence-electron chi connectivity index (χ3n) is 4.83. The molecular formula is C21H14F4N2O3S. The van der Waals surface area contributed by atoms with E-state index in [4.69, 9.17) is 9.15 Å². The number of benzene rings is 1. The number of carbonyl (C=O) groups is 1. The van der Waals surface area contributed by atoms with E-state index < -0.39 is 41.5 Å². The van der Waals surface area contributed by atoms with Gasteiger partial charge in [0, 0.05) is 10.9 Å². The third kappa shape index (κ3) is 4.01. The van der Waals surface area contributed by atoms with Gasteiger partial charge in [-0.25, -0.2) is 8.78 Å². The highest BCUT2D eigenvalue weighted by atomic mass is 32.1. The molecular weight excluding hydrogens is 436 g/mol. The van der Waals surface area contributed by atoms with E-state index in [1.807, 2.05) is 0 Å². The maximum absolute atomic E-state index is 13.7. The van der Waals surface area contributed by atoms with Crippen LogP contribution in [0.2, 0.25) is 0 Å². The summed E-state index contributed by atoms with van der Waals surface area (Å²) >= 11 is 1.35.